The van der Waals surface area contributed by atoms with Crippen LogP contribution >= 0.6 is 0 Å². The van der Waals surface area contributed by atoms with E-state index >= 15 is 0 Å². The maximum atomic E-state index is 3.80. The number of rotatable bonds is 5. The van der Waals surface area contributed by atoms with Gasteiger partial charge < -0.3 is 5.32 Å². The van der Waals surface area contributed by atoms with E-state index in [1.807, 2.05) is 0 Å². The van der Waals surface area contributed by atoms with Crippen LogP contribution in [0.4, 0.5) is 0 Å². The lowest BCUT2D eigenvalue weighted by Crippen LogP contribution is -2.59. The molecule has 3 rings (SSSR count). The molecule has 1 N–H and O–H groups in total. The summed E-state index contributed by atoms with van der Waals surface area (Å²) in [4.78, 5) is 2.75. The number of piperazine rings is 1. The van der Waals surface area contributed by atoms with E-state index in [9.17, 15) is 0 Å². The van der Waals surface area contributed by atoms with E-state index in [2.05, 4.69) is 54.4 Å². The van der Waals surface area contributed by atoms with Crippen molar-refractivity contribution >= 4 is 0 Å². The van der Waals surface area contributed by atoms with Crippen molar-refractivity contribution in [3.8, 4) is 0 Å². The van der Waals surface area contributed by atoms with Gasteiger partial charge in [-0.05, 0) is 36.7 Å². The van der Waals surface area contributed by atoms with Crippen molar-refractivity contribution in [1.82, 2.24) is 10.2 Å². The van der Waals surface area contributed by atoms with E-state index in [-0.39, 0.29) is 0 Å². The van der Waals surface area contributed by atoms with Crippen LogP contribution in [0.1, 0.15) is 32.3 Å². The highest BCUT2D eigenvalue weighted by molar-refractivity contribution is 5.15. The van der Waals surface area contributed by atoms with Gasteiger partial charge in [-0.3, -0.25) is 4.90 Å². The van der Waals surface area contributed by atoms with Gasteiger partial charge in [-0.25, -0.2) is 0 Å². The van der Waals surface area contributed by atoms with Gasteiger partial charge in [-0.15, -0.1) is 0 Å². The lowest BCUT2D eigenvalue weighted by molar-refractivity contribution is 0.0935. The number of nitrogens with zero attached hydrogens (tertiary/aromatic N) is 1. The standard InChI is InChI=1S/C18H28N2/c1-14(2)18-12-19-17(16-8-9-16)13-20(18)11-10-15-6-4-3-5-7-15/h3-7,14,16-19H,8-13H2,1-2H3. The maximum absolute atomic E-state index is 3.80. The first-order valence-corrected chi connectivity index (χ1v) is 8.25. The SMILES string of the molecule is CC(C)C1CNC(C2CC2)CN1CCc1ccccc1. The highest BCUT2D eigenvalue weighted by Gasteiger charge is 2.37. The molecule has 1 saturated carbocycles. The zero-order valence-corrected chi connectivity index (χ0v) is 12.9. The van der Waals surface area contributed by atoms with E-state index in [4.69, 9.17) is 0 Å². The van der Waals surface area contributed by atoms with Crippen LogP contribution in [0, 0.1) is 11.8 Å². The summed E-state index contributed by atoms with van der Waals surface area (Å²) < 4.78 is 0. The Bertz CT molecular complexity index is 411. The Kier molecular flexibility index (Phi) is 4.42. The van der Waals surface area contributed by atoms with Crippen LogP contribution in [0.5, 0.6) is 0 Å². The Labute approximate surface area is 123 Å². The minimum absolute atomic E-state index is 0.703. The molecule has 0 radical (unpaired) electrons. The average Bonchev–Trinajstić information content (AvgIpc) is 3.30. The monoisotopic (exact) mass is 272 g/mol. The van der Waals surface area contributed by atoms with Crippen molar-refractivity contribution in [1.29, 1.82) is 0 Å². The van der Waals surface area contributed by atoms with Crippen molar-refractivity contribution in [2.45, 2.75) is 45.2 Å². The Morgan fingerprint density at radius 3 is 2.60 bits per heavy atom. The average molecular weight is 272 g/mol. The molecule has 0 spiro atoms. The number of hydrogen-bond acceptors (Lipinski definition) is 2. The molecule has 2 fully saturated rings. The molecule has 2 atom stereocenters. The predicted molar refractivity (Wildman–Crippen MR) is 84.9 cm³/mol. The van der Waals surface area contributed by atoms with Crippen molar-refractivity contribution in [3.05, 3.63) is 35.9 Å². The van der Waals surface area contributed by atoms with Gasteiger partial charge in [0.1, 0.15) is 0 Å². The highest BCUT2D eigenvalue weighted by Crippen LogP contribution is 2.34. The lowest BCUT2D eigenvalue weighted by Gasteiger charge is -2.42. The summed E-state index contributed by atoms with van der Waals surface area (Å²) in [6, 6.07) is 12.4. The molecule has 1 aliphatic carbocycles. The molecule has 0 amide bonds. The Hall–Kier alpha value is -0.860. The molecule has 0 aromatic heterocycles. The van der Waals surface area contributed by atoms with Gasteiger partial charge in [0.2, 0.25) is 0 Å². The molecule has 2 unspecified atom stereocenters. The van der Waals surface area contributed by atoms with Crippen LogP contribution in [0.3, 0.4) is 0 Å². The first kappa shape index (κ1) is 14.1. The van der Waals surface area contributed by atoms with E-state index < -0.39 is 0 Å². The van der Waals surface area contributed by atoms with E-state index in [0.717, 1.165) is 17.9 Å². The molecule has 1 heterocycles. The molecule has 1 aromatic carbocycles. The third kappa shape index (κ3) is 3.42. The summed E-state index contributed by atoms with van der Waals surface area (Å²) in [5.41, 5.74) is 1.47. The summed E-state index contributed by atoms with van der Waals surface area (Å²) >= 11 is 0. The third-order valence-corrected chi connectivity index (χ3v) is 4.98. The van der Waals surface area contributed by atoms with Crippen LogP contribution in [-0.2, 0) is 6.42 Å². The smallest absolute Gasteiger partial charge is 0.0244 e. The molecule has 2 heteroatoms. The molecule has 110 valence electrons. The number of benzene rings is 1. The van der Waals surface area contributed by atoms with Gasteiger partial charge >= 0.3 is 0 Å². The first-order valence-electron chi connectivity index (χ1n) is 8.25. The Balaban J connectivity index is 1.60. The molecular formula is C18H28N2. The summed E-state index contributed by atoms with van der Waals surface area (Å²) in [7, 11) is 0. The summed E-state index contributed by atoms with van der Waals surface area (Å²) in [6.45, 7) is 8.35. The molecule has 0 bridgehead atoms. The van der Waals surface area contributed by atoms with Crippen molar-refractivity contribution in [3.63, 3.8) is 0 Å². The molecule has 1 aromatic rings. The van der Waals surface area contributed by atoms with Gasteiger partial charge in [0.05, 0.1) is 0 Å². The largest absolute Gasteiger partial charge is 0.311 e. The number of hydrogen-bond donors (Lipinski definition) is 1. The van der Waals surface area contributed by atoms with Crippen LogP contribution in [0.2, 0.25) is 0 Å². The summed E-state index contributed by atoms with van der Waals surface area (Å²) in [5.74, 6) is 1.70. The van der Waals surface area contributed by atoms with Crippen molar-refractivity contribution in [2.24, 2.45) is 11.8 Å². The second-order valence-corrected chi connectivity index (χ2v) is 6.89. The molecule has 20 heavy (non-hydrogen) atoms. The van der Waals surface area contributed by atoms with E-state index in [0.29, 0.717) is 6.04 Å². The molecule has 2 aliphatic rings. The number of nitrogens with one attached hydrogen (secondary N) is 1. The fraction of sp³-hybridized carbons (Fsp3) is 0.667. The maximum Gasteiger partial charge on any atom is 0.0244 e. The normalized spacial score (nSPS) is 27.9. The zero-order chi connectivity index (χ0) is 13.9. The molecule has 1 saturated heterocycles. The summed E-state index contributed by atoms with van der Waals surface area (Å²) in [5, 5.41) is 3.80. The quantitative estimate of drug-likeness (QED) is 0.886. The van der Waals surface area contributed by atoms with Crippen LogP contribution in [-0.4, -0.2) is 36.6 Å². The van der Waals surface area contributed by atoms with E-state index in [1.54, 1.807) is 0 Å². The zero-order valence-electron chi connectivity index (χ0n) is 12.9. The Morgan fingerprint density at radius 2 is 1.95 bits per heavy atom. The van der Waals surface area contributed by atoms with Gasteiger partial charge in [-0.2, -0.15) is 0 Å². The van der Waals surface area contributed by atoms with Crippen LogP contribution < -0.4 is 5.32 Å². The third-order valence-electron chi connectivity index (χ3n) is 4.98. The van der Waals surface area contributed by atoms with Gasteiger partial charge in [0, 0.05) is 31.7 Å². The van der Waals surface area contributed by atoms with Crippen LogP contribution in [0.25, 0.3) is 0 Å². The topological polar surface area (TPSA) is 15.3 Å². The summed E-state index contributed by atoms with van der Waals surface area (Å²) in [6.07, 6.45) is 4.06. The van der Waals surface area contributed by atoms with Gasteiger partial charge in [0.25, 0.3) is 0 Å². The van der Waals surface area contributed by atoms with Gasteiger partial charge in [0.15, 0.2) is 0 Å². The molecule has 1 aliphatic heterocycles. The fourth-order valence-corrected chi connectivity index (χ4v) is 3.50. The van der Waals surface area contributed by atoms with Crippen LogP contribution in [0.15, 0.2) is 30.3 Å². The minimum Gasteiger partial charge on any atom is -0.311 e. The first-order chi connectivity index (χ1) is 9.74. The minimum atomic E-state index is 0.703. The van der Waals surface area contributed by atoms with Crippen molar-refractivity contribution in [2.75, 3.05) is 19.6 Å². The predicted octanol–water partition coefficient (Wildman–Crippen LogP) is 2.94. The molecule has 2 nitrogen and oxygen atoms in total. The highest BCUT2D eigenvalue weighted by atomic mass is 15.2. The Morgan fingerprint density at radius 1 is 1.20 bits per heavy atom. The van der Waals surface area contributed by atoms with Crippen molar-refractivity contribution < 1.29 is 0 Å². The van der Waals surface area contributed by atoms with Gasteiger partial charge in [-0.1, -0.05) is 44.2 Å². The molecular weight excluding hydrogens is 244 g/mol. The second-order valence-electron chi connectivity index (χ2n) is 6.89. The second kappa shape index (κ2) is 6.28. The lowest BCUT2D eigenvalue weighted by atomic mass is 9.96. The van der Waals surface area contributed by atoms with E-state index in [1.165, 1.54) is 44.5 Å². The fourth-order valence-electron chi connectivity index (χ4n) is 3.50.